The maximum atomic E-state index is 13.3. The molecule has 0 aromatic carbocycles. The smallest absolute Gasteiger partial charge is 0.236 e. The minimum absolute atomic E-state index is 0.470. The van der Waals surface area contributed by atoms with Crippen LogP contribution >= 0.6 is 11.8 Å². The van der Waals surface area contributed by atoms with Gasteiger partial charge < -0.3 is 0 Å². The van der Waals surface area contributed by atoms with Gasteiger partial charge in [0.25, 0.3) is 5.92 Å². The molecule has 4 heteroatoms. The van der Waals surface area contributed by atoms with E-state index in [9.17, 15) is 13.2 Å². The molecule has 0 saturated carbocycles. The van der Waals surface area contributed by atoms with E-state index in [-0.39, 0.29) is 0 Å². The number of thioether (sulfide) groups is 1. The Kier molecular flexibility index (Phi) is 3.69. The van der Waals surface area contributed by atoms with E-state index < -0.39 is 22.1 Å². The molecule has 0 aliphatic carbocycles. The van der Waals surface area contributed by atoms with E-state index in [2.05, 4.69) is 20.8 Å². The Bertz CT molecular complexity index is 203. The number of hydrogen-bond acceptors (Lipinski definition) is 1. The highest BCUT2D eigenvalue weighted by Crippen LogP contribution is 2.61. The summed E-state index contributed by atoms with van der Waals surface area (Å²) in [5, 5.41) is -1.23. The first kappa shape index (κ1) is 13.2. The first-order chi connectivity index (χ1) is 6.69. The Balaban J connectivity index is 0.000000245. The summed E-state index contributed by atoms with van der Waals surface area (Å²) in [5.74, 6) is -2.26. The Morgan fingerprint density at radius 1 is 1.07 bits per heavy atom. The topological polar surface area (TPSA) is 0 Å². The first-order valence-corrected chi connectivity index (χ1v) is 6.36. The zero-order valence-corrected chi connectivity index (χ0v) is 10.5. The second-order valence-corrected chi connectivity index (χ2v) is 6.53. The summed E-state index contributed by atoms with van der Waals surface area (Å²) in [6.45, 7) is 7.53. The van der Waals surface area contributed by atoms with Crippen molar-refractivity contribution in [3.8, 4) is 0 Å². The molecule has 2 bridgehead atoms. The molecular weight excluding hydrogens is 221 g/mol. The largest absolute Gasteiger partial charge is 0.293 e. The third-order valence-electron chi connectivity index (χ3n) is 2.68. The number of alkyl halides is 3. The highest BCUT2D eigenvalue weighted by atomic mass is 32.2. The number of hydrogen-bond donors (Lipinski definition) is 0. The predicted molar refractivity (Wildman–Crippen MR) is 59.4 cm³/mol. The minimum atomic E-state index is -3.10. The summed E-state index contributed by atoms with van der Waals surface area (Å²) in [6, 6.07) is 0. The third kappa shape index (κ3) is 2.29. The lowest BCUT2D eigenvalue weighted by Gasteiger charge is -2.32. The molecule has 0 amide bonds. The molecule has 0 radical (unpaired) electrons. The number of rotatable bonds is 0. The maximum absolute atomic E-state index is 13.3. The van der Waals surface area contributed by atoms with E-state index in [0.717, 1.165) is 24.6 Å². The predicted octanol–water partition coefficient (Wildman–Crippen LogP) is 4.29. The Morgan fingerprint density at radius 2 is 1.47 bits per heavy atom. The van der Waals surface area contributed by atoms with Gasteiger partial charge in [0.2, 0.25) is 0 Å². The normalized spacial score (nSPS) is 41.6. The maximum Gasteiger partial charge on any atom is 0.293 e. The lowest BCUT2D eigenvalue weighted by molar-refractivity contribution is -0.132. The van der Waals surface area contributed by atoms with Gasteiger partial charge in [-0.1, -0.05) is 20.8 Å². The Hall–Kier alpha value is 0.140. The van der Waals surface area contributed by atoms with Crippen molar-refractivity contribution in [2.24, 2.45) is 5.92 Å². The van der Waals surface area contributed by atoms with Crippen molar-refractivity contribution in [1.82, 2.24) is 0 Å². The van der Waals surface area contributed by atoms with Gasteiger partial charge in [-0.3, -0.25) is 0 Å². The monoisotopic (exact) mass is 240 g/mol. The summed E-state index contributed by atoms with van der Waals surface area (Å²) in [4.78, 5) is 0. The average molecular weight is 240 g/mol. The van der Waals surface area contributed by atoms with Crippen LogP contribution in [0.15, 0.2) is 0 Å². The highest BCUT2D eigenvalue weighted by molar-refractivity contribution is 8.01. The van der Waals surface area contributed by atoms with E-state index in [0.29, 0.717) is 12.8 Å². The molecule has 2 heterocycles. The van der Waals surface area contributed by atoms with E-state index in [1.807, 2.05) is 0 Å². The Morgan fingerprint density at radius 3 is 1.67 bits per heavy atom. The second-order valence-electron chi connectivity index (χ2n) is 5.12. The number of fused-ring (bicyclic) bond motifs is 2. The van der Waals surface area contributed by atoms with Gasteiger partial charge >= 0.3 is 0 Å². The zero-order valence-electron chi connectivity index (χ0n) is 9.69. The van der Waals surface area contributed by atoms with Crippen molar-refractivity contribution < 1.29 is 13.2 Å². The molecule has 2 aliphatic rings. The lowest BCUT2D eigenvalue weighted by Crippen LogP contribution is -2.50. The van der Waals surface area contributed by atoms with Gasteiger partial charge in [0, 0.05) is 5.25 Å². The lowest BCUT2D eigenvalue weighted by atomic mass is 9.84. The van der Waals surface area contributed by atoms with Crippen molar-refractivity contribution in [3.63, 3.8) is 0 Å². The van der Waals surface area contributed by atoms with Crippen molar-refractivity contribution in [2.45, 2.75) is 62.6 Å². The van der Waals surface area contributed by atoms with Gasteiger partial charge in [0.15, 0.2) is 5.67 Å². The molecule has 2 saturated heterocycles. The van der Waals surface area contributed by atoms with Gasteiger partial charge in [-0.2, -0.15) is 0 Å². The fourth-order valence-corrected chi connectivity index (χ4v) is 3.59. The molecule has 0 nitrogen and oxygen atoms in total. The van der Waals surface area contributed by atoms with Gasteiger partial charge in [-0.15, -0.1) is 11.8 Å². The first-order valence-electron chi connectivity index (χ1n) is 5.41. The van der Waals surface area contributed by atoms with Crippen molar-refractivity contribution in [2.75, 3.05) is 0 Å². The van der Waals surface area contributed by atoms with Gasteiger partial charge in [-0.25, -0.2) is 13.2 Å². The van der Waals surface area contributed by atoms with E-state index in [1.54, 1.807) is 0 Å². The highest BCUT2D eigenvalue weighted by Gasteiger charge is 2.69. The van der Waals surface area contributed by atoms with E-state index in [4.69, 9.17) is 0 Å². The van der Waals surface area contributed by atoms with Crippen LogP contribution in [0, 0.1) is 5.92 Å². The molecule has 2 aliphatic heterocycles. The second kappa shape index (κ2) is 4.19. The summed E-state index contributed by atoms with van der Waals surface area (Å²) >= 11 is 1.12. The van der Waals surface area contributed by atoms with Crippen molar-refractivity contribution in [1.29, 1.82) is 0 Å². The molecule has 2 fully saturated rings. The molecule has 90 valence electrons. The average Bonchev–Trinajstić information content (AvgIpc) is 2.54. The molecule has 3 atom stereocenters. The molecule has 0 spiro atoms. The van der Waals surface area contributed by atoms with Crippen molar-refractivity contribution in [3.05, 3.63) is 0 Å². The summed E-state index contributed by atoms with van der Waals surface area (Å²) in [7, 11) is 0. The Labute approximate surface area is 94.0 Å². The summed E-state index contributed by atoms with van der Waals surface area (Å²) < 4.78 is 39.4. The van der Waals surface area contributed by atoms with Crippen LogP contribution in [-0.4, -0.2) is 22.1 Å². The fourth-order valence-electron chi connectivity index (χ4n) is 1.83. The van der Waals surface area contributed by atoms with Crippen LogP contribution in [0.2, 0.25) is 0 Å². The minimum Gasteiger partial charge on any atom is -0.236 e. The van der Waals surface area contributed by atoms with Gasteiger partial charge in [-0.05, 0) is 25.7 Å². The molecule has 3 unspecified atom stereocenters. The standard InChI is InChI=1S/C7H9F3S.C4H10/c1-6(8)4-2-3-5(11-4)7(6,9)10;1-4(2)3/h4-5H,2-3H2,1H3;4H,1-3H3. The number of halogens is 3. The molecule has 0 N–H and O–H groups in total. The van der Waals surface area contributed by atoms with Crippen LogP contribution in [0.25, 0.3) is 0 Å². The summed E-state index contributed by atoms with van der Waals surface area (Å²) in [5.41, 5.74) is -2.26. The van der Waals surface area contributed by atoms with Crippen LogP contribution in [0.1, 0.15) is 40.5 Å². The molecular formula is C11H19F3S. The van der Waals surface area contributed by atoms with Crippen LogP contribution < -0.4 is 0 Å². The van der Waals surface area contributed by atoms with Crippen LogP contribution in [-0.2, 0) is 0 Å². The molecule has 0 aromatic rings. The quantitative estimate of drug-likeness (QED) is 0.608. The van der Waals surface area contributed by atoms with Gasteiger partial charge in [0.1, 0.15) is 0 Å². The fraction of sp³-hybridized carbons (Fsp3) is 1.00. The van der Waals surface area contributed by atoms with E-state index >= 15 is 0 Å². The third-order valence-corrected chi connectivity index (χ3v) is 4.55. The molecule has 0 aromatic heterocycles. The van der Waals surface area contributed by atoms with Crippen molar-refractivity contribution >= 4 is 11.8 Å². The zero-order chi connectivity index (χ0) is 11.9. The van der Waals surface area contributed by atoms with Crippen LogP contribution in [0.3, 0.4) is 0 Å². The molecule has 2 rings (SSSR count). The van der Waals surface area contributed by atoms with E-state index in [1.165, 1.54) is 0 Å². The van der Waals surface area contributed by atoms with Crippen LogP contribution in [0.5, 0.6) is 0 Å². The molecule has 15 heavy (non-hydrogen) atoms. The summed E-state index contributed by atoms with van der Waals surface area (Å²) in [6.07, 6.45) is 1.08. The van der Waals surface area contributed by atoms with Gasteiger partial charge in [0.05, 0.1) is 5.25 Å². The SMILES string of the molecule is CC(C)C.CC1(F)C2CCC(S2)C1(F)F. The van der Waals surface area contributed by atoms with Crippen LogP contribution in [0.4, 0.5) is 13.2 Å².